The molecular weight excluding hydrogens is 812 g/mol. The highest BCUT2D eigenvalue weighted by atomic mass is 19.4. The lowest BCUT2D eigenvalue weighted by Gasteiger charge is -2.23. The van der Waals surface area contributed by atoms with Gasteiger partial charge >= 0.3 is 18.2 Å². The molecule has 0 radical (unpaired) electrons. The molecular formula is C43H52F3N9O7. The first kappa shape index (κ1) is 49.2. The zero-order chi connectivity index (χ0) is 45.3. The fourth-order valence-electron chi connectivity index (χ4n) is 5.70. The molecule has 9 N–H and O–H groups in total. The second-order valence-electron chi connectivity index (χ2n) is 13.7. The molecule has 3 aromatic carbocycles. The number of nitrogens with zero attached hydrogens (tertiary/aromatic N) is 3. The number of benzene rings is 3. The zero-order valence-electron chi connectivity index (χ0n) is 34.1. The summed E-state index contributed by atoms with van der Waals surface area (Å²) in [4.78, 5) is 71.0. The van der Waals surface area contributed by atoms with Gasteiger partial charge in [-0.2, -0.15) is 13.2 Å². The Labute approximate surface area is 357 Å². The summed E-state index contributed by atoms with van der Waals surface area (Å²) in [6, 6.07) is 27.6. The van der Waals surface area contributed by atoms with Gasteiger partial charge < -0.3 is 42.1 Å². The number of carboxylic acid groups (broad SMARTS) is 1. The summed E-state index contributed by atoms with van der Waals surface area (Å²) in [5.74, 6) is -4.09. The molecule has 332 valence electrons. The van der Waals surface area contributed by atoms with Crippen LogP contribution in [0.2, 0.25) is 0 Å². The van der Waals surface area contributed by atoms with Crippen LogP contribution >= 0.6 is 0 Å². The van der Waals surface area contributed by atoms with Crippen LogP contribution < -0.4 is 37.2 Å². The number of nitrogens with two attached hydrogens (primary N) is 1. The van der Waals surface area contributed by atoms with Crippen molar-refractivity contribution < 1.29 is 47.4 Å². The Balaban J connectivity index is 0.00000134. The first-order valence-corrected chi connectivity index (χ1v) is 19.6. The standard InChI is InChI=1S/C41H51N9O5.C2HF3O2/c1-50(33-20-26-43-27-21-33)28-22-36(52)44-23-8-9-24-46-41(55)49-40(42)45-25-10-15-35(38(53)47-29-30-16-18-34(51)19-17-30)48-39(54)37(31-11-4-2-5-12-31)32-13-6-3-7-14-32;3-2(4,5)1(6)7/h2-7,11-14,16-21,26-27,35,37,51H,8-10,15,22-25,28-29H2,1H3,(H,44,52)(H,47,53)(H,48,54)(H4,42,45,46,49,55);(H,6,7)/t35-;/m1./s1. The fraction of sp³-hybridized carbons (Fsp3) is 0.326. The number of carbonyl (C=O) groups excluding carboxylic acids is 4. The predicted octanol–water partition coefficient (Wildman–Crippen LogP) is 4.17. The highest BCUT2D eigenvalue weighted by Crippen LogP contribution is 2.25. The predicted molar refractivity (Wildman–Crippen MR) is 227 cm³/mol. The van der Waals surface area contributed by atoms with Crippen LogP contribution in [0.4, 0.5) is 23.7 Å². The van der Waals surface area contributed by atoms with Gasteiger partial charge in [0, 0.05) is 64.3 Å². The molecule has 0 unspecified atom stereocenters. The van der Waals surface area contributed by atoms with Crippen LogP contribution in [0.15, 0.2) is 114 Å². The van der Waals surface area contributed by atoms with Crippen LogP contribution in [0.5, 0.6) is 5.75 Å². The number of phenolic OH excluding ortho intramolecular Hbond substituents is 1. The van der Waals surface area contributed by atoms with Crippen molar-refractivity contribution in [1.29, 1.82) is 0 Å². The SMILES string of the molecule is CN(CCC(=O)NCCCCNC(=O)NC(N)=NCCC[C@@H](NC(=O)C(c1ccccc1)c1ccccc1)C(=O)NCc1ccc(O)cc1)c1ccncc1.O=C(O)C(F)(F)F. The van der Waals surface area contributed by atoms with E-state index in [2.05, 4.69) is 36.6 Å². The number of rotatable bonds is 20. The summed E-state index contributed by atoms with van der Waals surface area (Å²) in [5.41, 5.74) is 9.31. The van der Waals surface area contributed by atoms with E-state index in [0.29, 0.717) is 45.3 Å². The average molecular weight is 864 g/mol. The summed E-state index contributed by atoms with van der Waals surface area (Å²) < 4.78 is 31.7. The van der Waals surface area contributed by atoms with Crippen molar-refractivity contribution >= 4 is 41.4 Å². The van der Waals surface area contributed by atoms with Crippen LogP contribution in [0.3, 0.4) is 0 Å². The van der Waals surface area contributed by atoms with Crippen LogP contribution in [-0.4, -0.2) is 96.3 Å². The number of carboxylic acids is 1. The maximum absolute atomic E-state index is 13.9. The van der Waals surface area contributed by atoms with Gasteiger partial charge in [-0.05, 0) is 66.6 Å². The summed E-state index contributed by atoms with van der Waals surface area (Å²) in [5, 5.41) is 30.7. The van der Waals surface area contributed by atoms with Crippen LogP contribution in [0.25, 0.3) is 0 Å². The topological polar surface area (TPSA) is 240 Å². The molecule has 19 heteroatoms. The van der Waals surface area contributed by atoms with Crippen LogP contribution in [-0.2, 0) is 25.7 Å². The number of unbranched alkanes of at least 4 members (excludes halogenated alkanes) is 1. The van der Waals surface area contributed by atoms with Gasteiger partial charge in [-0.25, -0.2) is 9.59 Å². The minimum Gasteiger partial charge on any atom is -0.508 e. The number of aromatic nitrogens is 1. The van der Waals surface area contributed by atoms with Gasteiger partial charge in [0.2, 0.25) is 17.7 Å². The number of halogens is 3. The number of nitrogens with one attached hydrogen (secondary N) is 5. The van der Waals surface area contributed by atoms with Gasteiger partial charge in [-0.3, -0.25) is 29.7 Å². The van der Waals surface area contributed by atoms with Crippen molar-refractivity contribution in [1.82, 2.24) is 31.6 Å². The monoisotopic (exact) mass is 863 g/mol. The first-order valence-electron chi connectivity index (χ1n) is 19.6. The quantitative estimate of drug-likeness (QED) is 0.0358. The Morgan fingerprint density at radius 2 is 1.35 bits per heavy atom. The minimum absolute atomic E-state index is 0.0393. The lowest BCUT2D eigenvalue weighted by atomic mass is 9.90. The van der Waals surface area contributed by atoms with E-state index in [-0.39, 0.29) is 48.9 Å². The molecule has 62 heavy (non-hydrogen) atoms. The van der Waals surface area contributed by atoms with E-state index < -0.39 is 30.1 Å². The van der Waals surface area contributed by atoms with Crippen LogP contribution in [0, 0.1) is 0 Å². The molecule has 0 saturated heterocycles. The van der Waals surface area contributed by atoms with Crippen LogP contribution in [0.1, 0.15) is 54.7 Å². The minimum atomic E-state index is -5.08. The molecule has 4 rings (SSSR count). The molecule has 0 bridgehead atoms. The number of amides is 5. The summed E-state index contributed by atoms with van der Waals surface area (Å²) >= 11 is 0. The lowest BCUT2D eigenvalue weighted by molar-refractivity contribution is -0.192. The molecule has 0 saturated carbocycles. The van der Waals surface area contributed by atoms with Gasteiger partial charge in [0.25, 0.3) is 0 Å². The number of guanidine groups is 1. The highest BCUT2D eigenvalue weighted by molar-refractivity contribution is 5.95. The lowest BCUT2D eigenvalue weighted by Crippen LogP contribution is -2.48. The van der Waals surface area contributed by atoms with Crippen molar-refractivity contribution in [3.05, 3.63) is 126 Å². The van der Waals surface area contributed by atoms with E-state index in [1.165, 1.54) is 12.1 Å². The smallest absolute Gasteiger partial charge is 0.490 e. The third-order valence-corrected chi connectivity index (χ3v) is 8.97. The van der Waals surface area contributed by atoms with E-state index in [1.807, 2.05) is 84.7 Å². The molecule has 4 aromatic rings. The average Bonchev–Trinajstić information content (AvgIpc) is 3.25. The Morgan fingerprint density at radius 3 is 1.92 bits per heavy atom. The number of phenols is 1. The summed E-state index contributed by atoms with van der Waals surface area (Å²) in [6.45, 7) is 1.87. The van der Waals surface area contributed by atoms with Crippen molar-refractivity contribution in [2.24, 2.45) is 10.7 Å². The third-order valence-electron chi connectivity index (χ3n) is 8.97. The Bertz CT molecular complexity index is 1990. The second-order valence-corrected chi connectivity index (χ2v) is 13.7. The van der Waals surface area contributed by atoms with Gasteiger partial charge in [0.05, 0.1) is 5.92 Å². The van der Waals surface area contributed by atoms with E-state index in [1.54, 1.807) is 24.5 Å². The maximum atomic E-state index is 13.9. The molecule has 0 fully saturated rings. The third kappa shape index (κ3) is 18.8. The Kier molecular flexibility index (Phi) is 20.7. The first-order chi connectivity index (χ1) is 29.6. The largest absolute Gasteiger partial charge is 0.508 e. The molecule has 5 amide bonds. The normalized spacial score (nSPS) is 11.6. The number of carbonyl (C=O) groups is 5. The number of aliphatic carboxylic acids is 1. The summed E-state index contributed by atoms with van der Waals surface area (Å²) in [6.07, 6.45) is 0.684. The summed E-state index contributed by atoms with van der Waals surface area (Å²) in [7, 11) is 1.92. The number of aliphatic imine (C=N–C) groups is 1. The zero-order valence-corrected chi connectivity index (χ0v) is 34.1. The van der Waals surface area contributed by atoms with E-state index >= 15 is 0 Å². The van der Waals surface area contributed by atoms with Gasteiger partial charge in [0.1, 0.15) is 11.8 Å². The van der Waals surface area contributed by atoms with E-state index in [4.69, 9.17) is 15.6 Å². The molecule has 1 atom stereocenters. The maximum Gasteiger partial charge on any atom is 0.490 e. The van der Waals surface area contributed by atoms with Crippen molar-refractivity contribution in [2.75, 3.05) is 38.1 Å². The number of anilines is 1. The van der Waals surface area contributed by atoms with E-state index in [9.17, 15) is 37.5 Å². The van der Waals surface area contributed by atoms with Gasteiger partial charge in [0.15, 0.2) is 5.96 Å². The fourth-order valence-corrected chi connectivity index (χ4v) is 5.70. The number of pyridine rings is 1. The number of hydrogen-bond donors (Lipinski definition) is 8. The molecule has 0 aliphatic heterocycles. The molecule has 0 aliphatic rings. The number of hydrogen-bond acceptors (Lipinski definition) is 9. The van der Waals surface area contributed by atoms with Crippen molar-refractivity contribution in [3.8, 4) is 5.75 Å². The van der Waals surface area contributed by atoms with Gasteiger partial charge in [-0.15, -0.1) is 0 Å². The number of alkyl halides is 3. The Morgan fingerprint density at radius 1 is 0.790 bits per heavy atom. The molecule has 0 aliphatic carbocycles. The van der Waals surface area contributed by atoms with E-state index in [0.717, 1.165) is 22.4 Å². The van der Waals surface area contributed by atoms with Gasteiger partial charge in [-0.1, -0.05) is 72.8 Å². The molecule has 1 heterocycles. The molecule has 0 spiro atoms. The van der Waals surface area contributed by atoms with Crippen molar-refractivity contribution in [2.45, 2.75) is 56.8 Å². The van der Waals surface area contributed by atoms with Crippen molar-refractivity contribution in [3.63, 3.8) is 0 Å². The molecule has 1 aromatic heterocycles. The Hall–Kier alpha value is -7.18. The number of urea groups is 1. The molecule has 16 nitrogen and oxygen atoms in total. The number of aromatic hydroxyl groups is 1. The highest BCUT2D eigenvalue weighted by Gasteiger charge is 2.38. The second kappa shape index (κ2) is 26.1.